The zero-order valence-electron chi connectivity index (χ0n) is 11.1. The average molecular weight is 286 g/mol. The molecule has 1 fully saturated rings. The van der Waals surface area contributed by atoms with E-state index in [1.165, 1.54) is 18.2 Å². The molecule has 1 aromatic carbocycles. The Balaban J connectivity index is 2.22. The molecular weight excluding hydrogens is 267 g/mol. The summed E-state index contributed by atoms with van der Waals surface area (Å²) < 4.78 is 40.4. The molecule has 6 heteroatoms. The Morgan fingerprint density at radius 2 is 2.16 bits per heavy atom. The van der Waals surface area contributed by atoms with Gasteiger partial charge in [-0.2, -0.15) is 0 Å². The van der Waals surface area contributed by atoms with Crippen LogP contribution in [-0.2, 0) is 10.0 Å². The molecule has 2 atom stereocenters. The lowest BCUT2D eigenvalue weighted by molar-refractivity contribution is 0.328. The van der Waals surface area contributed by atoms with Gasteiger partial charge in [0.1, 0.15) is 5.82 Å². The number of piperidine rings is 1. The number of aryl methyl sites for hydroxylation is 1. The molecule has 0 aromatic heterocycles. The second-order valence-electron chi connectivity index (χ2n) is 5.11. The van der Waals surface area contributed by atoms with Gasteiger partial charge in [-0.3, -0.25) is 0 Å². The van der Waals surface area contributed by atoms with E-state index in [-0.39, 0.29) is 16.9 Å². The van der Waals surface area contributed by atoms with Gasteiger partial charge in [0.25, 0.3) is 0 Å². The molecule has 0 spiro atoms. The van der Waals surface area contributed by atoms with E-state index in [0.29, 0.717) is 5.56 Å². The minimum Gasteiger partial charge on any atom is -0.316 e. The molecule has 0 bridgehead atoms. The fourth-order valence-electron chi connectivity index (χ4n) is 2.37. The first-order valence-corrected chi connectivity index (χ1v) is 7.87. The van der Waals surface area contributed by atoms with Crippen molar-refractivity contribution in [1.82, 2.24) is 10.0 Å². The summed E-state index contributed by atoms with van der Waals surface area (Å²) >= 11 is 0. The van der Waals surface area contributed by atoms with E-state index in [4.69, 9.17) is 0 Å². The minimum atomic E-state index is -3.58. The summed E-state index contributed by atoms with van der Waals surface area (Å²) in [7, 11) is -3.58. The van der Waals surface area contributed by atoms with Crippen LogP contribution in [-0.4, -0.2) is 27.5 Å². The molecule has 0 saturated carbocycles. The third-order valence-electron chi connectivity index (χ3n) is 3.52. The van der Waals surface area contributed by atoms with E-state index in [2.05, 4.69) is 10.0 Å². The molecule has 0 radical (unpaired) electrons. The molecule has 0 aliphatic carbocycles. The van der Waals surface area contributed by atoms with Crippen molar-refractivity contribution in [1.29, 1.82) is 0 Å². The first-order valence-electron chi connectivity index (χ1n) is 6.39. The van der Waals surface area contributed by atoms with Gasteiger partial charge in [0.2, 0.25) is 10.0 Å². The molecule has 4 nitrogen and oxygen atoms in total. The first kappa shape index (κ1) is 14.4. The molecule has 1 aliphatic rings. The maximum Gasteiger partial charge on any atom is 0.241 e. The highest BCUT2D eigenvalue weighted by Gasteiger charge is 2.27. The molecule has 2 rings (SSSR count). The van der Waals surface area contributed by atoms with Crippen LogP contribution in [0.1, 0.15) is 18.9 Å². The molecule has 1 aliphatic heterocycles. The summed E-state index contributed by atoms with van der Waals surface area (Å²) in [5.41, 5.74) is 0.425. The summed E-state index contributed by atoms with van der Waals surface area (Å²) in [4.78, 5) is 0.152. The molecule has 1 heterocycles. The van der Waals surface area contributed by atoms with Crippen molar-refractivity contribution in [2.75, 3.05) is 13.1 Å². The number of halogens is 1. The summed E-state index contributed by atoms with van der Waals surface area (Å²) in [5.74, 6) is -0.184. The number of sulfonamides is 1. The Hall–Kier alpha value is -0.980. The predicted molar refractivity (Wildman–Crippen MR) is 71.9 cm³/mol. The lowest BCUT2D eigenvalue weighted by Gasteiger charge is -2.30. The third kappa shape index (κ3) is 3.32. The zero-order valence-corrected chi connectivity index (χ0v) is 11.9. The average Bonchev–Trinajstić information content (AvgIpc) is 2.31. The number of nitrogens with one attached hydrogen (secondary N) is 2. The maximum absolute atomic E-state index is 13.0. The molecule has 1 aromatic rings. The van der Waals surface area contributed by atoms with Crippen molar-refractivity contribution in [2.24, 2.45) is 5.92 Å². The highest BCUT2D eigenvalue weighted by Crippen LogP contribution is 2.19. The van der Waals surface area contributed by atoms with Crippen LogP contribution < -0.4 is 10.0 Å². The highest BCUT2D eigenvalue weighted by atomic mass is 32.2. The van der Waals surface area contributed by atoms with Crippen molar-refractivity contribution in [3.63, 3.8) is 0 Å². The Labute approximate surface area is 113 Å². The SMILES string of the molecule is Cc1cc(F)ccc1S(=O)(=O)N[C@H]1CCNC[C@H]1C. The van der Waals surface area contributed by atoms with Crippen molar-refractivity contribution in [2.45, 2.75) is 31.2 Å². The maximum atomic E-state index is 13.0. The van der Waals surface area contributed by atoms with Gasteiger partial charge >= 0.3 is 0 Å². The van der Waals surface area contributed by atoms with Gasteiger partial charge in [-0.25, -0.2) is 17.5 Å². The van der Waals surface area contributed by atoms with E-state index in [0.717, 1.165) is 19.5 Å². The minimum absolute atomic E-state index is 0.0734. The highest BCUT2D eigenvalue weighted by molar-refractivity contribution is 7.89. The van der Waals surface area contributed by atoms with E-state index >= 15 is 0 Å². The van der Waals surface area contributed by atoms with Gasteiger partial charge < -0.3 is 5.32 Å². The quantitative estimate of drug-likeness (QED) is 0.883. The monoisotopic (exact) mass is 286 g/mol. The Morgan fingerprint density at radius 1 is 1.42 bits per heavy atom. The normalized spacial score (nSPS) is 24.4. The molecule has 1 saturated heterocycles. The summed E-state index contributed by atoms with van der Waals surface area (Å²) in [6.45, 7) is 5.22. The van der Waals surface area contributed by atoms with Crippen LogP contribution in [0, 0.1) is 18.7 Å². The number of rotatable bonds is 3. The van der Waals surface area contributed by atoms with E-state index in [9.17, 15) is 12.8 Å². The second kappa shape index (κ2) is 5.56. The Bertz CT molecular complexity index is 560. The van der Waals surface area contributed by atoms with Crippen LogP contribution in [0.3, 0.4) is 0 Å². The molecule has 0 unspecified atom stereocenters. The predicted octanol–water partition coefficient (Wildman–Crippen LogP) is 1.41. The van der Waals surface area contributed by atoms with Crippen molar-refractivity contribution < 1.29 is 12.8 Å². The molecular formula is C13H19FN2O2S. The van der Waals surface area contributed by atoms with Crippen LogP contribution in [0.5, 0.6) is 0 Å². The summed E-state index contributed by atoms with van der Waals surface area (Å²) in [5, 5.41) is 3.22. The van der Waals surface area contributed by atoms with Gasteiger partial charge in [-0.05, 0) is 56.1 Å². The Kier molecular flexibility index (Phi) is 4.23. The molecule has 106 valence electrons. The van der Waals surface area contributed by atoms with E-state index in [1.54, 1.807) is 6.92 Å². The fourth-order valence-corrected chi connectivity index (χ4v) is 3.97. The van der Waals surface area contributed by atoms with E-state index < -0.39 is 15.8 Å². The van der Waals surface area contributed by atoms with Gasteiger partial charge in [-0.1, -0.05) is 6.92 Å². The zero-order chi connectivity index (χ0) is 14.0. The number of benzene rings is 1. The first-order chi connectivity index (χ1) is 8.90. The van der Waals surface area contributed by atoms with E-state index in [1.807, 2.05) is 6.92 Å². The second-order valence-corrected chi connectivity index (χ2v) is 6.79. The number of hydrogen-bond donors (Lipinski definition) is 2. The fraction of sp³-hybridized carbons (Fsp3) is 0.538. The van der Waals surface area contributed by atoms with Crippen molar-refractivity contribution >= 4 is 10.0 Å². The molecule has 0 amide bonds. The molecule has 2 N–H and O–H groups in total. The smallest absolute Gasteiger partial charge is 0.241 e. The van der Waals surface area contributed by atoms with Gasteiger partial charge in [-0.15, -0.1) is 0 Å². The van der Waals surface area contributed by atoms with Crippen LogP contribution in [0.2, 0.25) is 0 Å². The number of hydrogen-bond acceptors (Lipinski definition) is 3. The van der Waals surface area contributed by atoms with Gasteiger partial charge in [0.15, 0.2) is 0 Å². The third-order valence-corrected chi connectivity index (χ3v) is 5.17. The van der Waals surface area contributed by atoms with Crippen molar-refractivity contribution in [3.8, 4) is 0 Å². The van der Waals surface area contributed by atoms with Crippen molar-refractivity contribution in [3.05, 3.63) is 29.6 Å². The summed E-state index contributed by atoms with van der Waals surface area (Å²) in [6.07, 6.45) is 0.765. The largest absolute Gasteiger partial charge is 0.316 e. The van der Waals surface area contributed by atoms with Crippen LogP contribution in [0.4, 0.5) is 4.39 Å². The standard InChI is InChI=1S/C13H19FN2O2S/c1-9-7-11(14)3-4-13(9)19(17,18)16-12-5-6-15-8-10(12)2/h3-4,7,10,12,15-16H,5-6,8H2,1-2H3/t10-,12+/m1/s1. The van der Waals surface area contributed by atoms with Gasteiger partial charge in [0.05, 0.1) is 4.90 Å². The summed E-state index contributed by atoms with van der Waals surface area (Å²) in [6, 6.07) is 3.66. The Morgan fingerprint density at radius 3 is 2.79 bits per heavy atom. The van der Waals surface area contributed by atoms with Crippen LogP contribution >= 0.6 is 0 Å². The van der Waals surface area contributed by atoms with Crippen LogP contribution in [0.25, 0.3) is 0 Å². The van der Waals surface area contributed by atoms with Gasteiger partial charge in [0, 0.05) is 6.04 Å². The lowest BCUT2D eigenvalue weighted by Crippen LogP contribution is -2.48. The molecule has 19 heavy (non-hydrogen) atoms. The lowest BCUT2D eigenvalue weighted by atomic mass is 9.97. The van der Waals surface area contributed by atoms with Crippen LogP contribution in [0.15, 0.2) is 23.1 Å². The topological polar surface area (TPSA) is 58.2 Å².